The van der Waals surface area contributed by atoms with Crippen LogP contribution in [-0.2, 0) is 4.79 Å². The molecule has 1 fully saturated rings. The average molecular weight is 248 g/mol. The van der Waals surface area contributed by atoms with E-state index in [0.717, 1.165) is 0 Å². The number of carbonyl (C=O) groups excluding carboxylic acids is 2. The second-order valence-electron chi connectivity index (χ2n) is 4.45. The molecule has 1 unspecified atom stereocenters. The number of aliphatic hydroxyl groups is 1. The largest absolute Gasteiger partial charge is 0.391 e. The Balaban J connectivity index is 2.05. The minimum Gasteiger partial charge on any atom is -0.391 e. The number of nitrogens with zero attached hydrogens (tertiary/aromatic N) is 1. The number of β-amino-alcohol motifs (C(OH)–C–C–N with tert-alkyl or cyclic N) is 1. The molecular weight excluding hydrogens is 232 g/mol. The standard InChI is InChI=1S/C13H16N2O3/c1-9(16)14-11-4-2-10(3-5-11)13(18)15-7-6-12(17)8-15/h2-5,12,17H,6-8H2,1H3,(H,14,16). The Labute approximate surface area is 105 Å². The topological polar surface area (TPSA) is 69.6 Å². The maximum absolute atomic E-state index is 12.1. The summed E-state index contributed by atoms with van der Waals surface area (Å²) < 4.78 is 0. The molecule has 0 radical (unpaired) electrons. The quantitative estimate of drug-likeness (QED) is 0.815. The number of hydrogen-bond acceptors (Lipinski definition) is 3. The van der Waals surface area contributed by atoms with Gasteiger partial charge in [-0.3, -0.25) is 9.59 Å². The van der Waals surface area contributed by atoms with Crippen molar-refractivity contribution in [3.63, 3.8) is 0 Å². The molecule has 1 saturated heterocycles. The number of rotatable bonds is 2. The summed E-state index contributed by atoms with van der Waals surface area (Å²) in [5.41, 5.74) is 1.23. The summed E-state index contributed by atoms with van der Waals surface area (Å²) in [4.78, 5) is 24.6. The van der Waals surface area contributed by atoms with Crippen LogP contribution in [0.4, 0.5) is 5.69 Å². The minimum absolute atomic E-state index is 0.0825. The lowest BCUT2D eigenvalue weighted by Gasteiger charge is -2.15. The van der Waals surface area contributed by atoms with Crippen LogP contribution in [0.1, 0.15) is 23.7 Å². The molecule has 0 saturated carbocycles. The van der Waals surface area contributed by atoms with Crippen molar-refractivity contribution in [3.05, 3.63) is 29.8 Å². The first-order chi connectivity index (χ1) is 8.56. The van der Waals surface area contributed by atoms with Crippen LogP contribution >= 0.6 is 0 Å². The molecule has 5 nitrogen and oxygen atoms in total. The molecular formula is C13H16N2O3. The Morgan fingerprint density at radius 3 is 2.50 bits per heavy atom. The summed E-state index contributed by atoms with van der Waals surface area (Å²) in [5.74, 6) is -0.224. The van der Waals surface area contributed by atoms with E-state index in [2.05, 4.69) is 5.32 Å². The van der Waals surface area contributed by atoms with Crippen molar-refractivity contribution in [2.75, 3.05) is 18.4 Å². The van der Waals surface area contributed by atoms with E-state index in [-0.39, 0.29) is 11.8 Å². The number of aliphatic hydroxyl groups excluding tert-OH is 1. The van der Waals surface area contributed by atoms with Gasteiger partial charge >= 0.3 is 0 Å². The van der Waals surface area contributed by atoms with Crippen molar-refractivity contribution in [3.8, 4) is 0 Å². The first-order valence-corrected chi connectivity index (χ1v) is 5.91. The molecule has 1 aromatic carbocycles. The molecule has 5 heteroatoms. The maximum atomic E-state index is 12.1. The lowest BCUT2D eigenvalue weighted by atomic mass is 10.2. The molecule has 1 aliphatic heterocycles. The van der Waals surface area contributed by atoms with Gasteiger partial charge in [-0.05, 0) is 30.7 Å². The lowest BCUT2D eigenvalue weighted by molar-refractivity contribution is -0.114. The predicted molar refractivity (Wildman–Crippen MR) is 67.3 cm³/mol. The van der Waals surface area contributed by atoms with E-state index in [1.54, 1.807) is 29.2 Å². The summed E-state index contributed by atoms with van der Waals surface area (Å²) in [6.07, 6.45) is 0.225. The number of carbonyl (C=O) groups is 2. The van der Waals surface area contributed by atoms with Crippen LogP contribution in [0.3, 0.4) is 0 Å². The van der Waals surface area contributed by atoms with Gasteiger partial charge in [0.1, 0.15) is 0 Å². The zero-order valence-electron chi connectivity index (χ0n) is 10.2. The van der Waals surface area contributed by atoms with Crippen LogP contribution in [0.2, 0.25) is 0 Å². The Morgan fingerprint density at radius 2 is 2.00 bits per heavy atom. The van der Waals surface area contributed by atoms with Crippen LogP contribution < -0.4 is 5.32 Å². The summed E-state index contributed by atoms with van der Waals surface area (Å²) in [6.45, 7) is 2.42. The molecule has 0 aromatic heterocycles. The molecule has 0 spiro atoms. The highest BCUT2D eigenvalue weighted by atomic mass is 16.3. The highest BCUT2D eigenvalue weighted by molar-refractivity contribution is 5.95. The van der Waals surface area contributed by atoms with Gasteiger partial charge in [-0.25, -0.2) is 0 Å². The smallest absolute Gasteiger partial charge is 0.253 e. The number of hydrogen-bond donors (Lipinski definition) is 2. The second-order valence-corrected chi connectivity index (χ2v) is 4.45. The first kappa shape index (κ1) is 12.6. The van der Waals surface area contributed by atoms with Crippen LogP contribution in [0.5, 0.6) is 0 Å². The normalized spacial score (nSPS) is 18.8. The summed E-state index contributed by atoms with van der Waals surface area (Å²) in [6, 6.07) is 6.75. The van der Waals surface area contributed by atoms with E-state index in [0.29, 0.717) is 30.8 Å². The molecule has 0 bridgehead atoms. The fourth-order valence-electron chi connectivity index (χ4n) is 2.01. The third kappa shape index (κ3) is 2.87. The SMILES string of the molecule is CC(=O)Nc1ccc(C(=O)N2CCC(O)C2)cc1. The second kappa shape index (κ2) is 5.18. The summed E-state index contributed by atoms with van der Waals surface area (Å²) in [5, 5.41) is 12.0. The highest BCUT2D eigenvalue weighted by Gasteiger charge is 2.25. The van der Waals surface area contributed by atoms with E-state index >= 15 is 0 Å². The van der Waals surface area contributed by atoms with Crippen molar-refractivity contribution in [2.45, 2.75) is 19.4 Å². The summed E-state index contributed by atoms with van der Waals surface area (Å²) >= 11 is 0. The van der Waals surface area contributed by atoms with E-state index in [1.807, 2.05) is 0 Å². The molecule has 2 rings (SSSR count). The van der Waals surface area contributed by atoms with E-state index in [9.17, 15) is 14.7 Å². The van der Waals surface area contributed by atoms with Gasteiger partial charge < -0.3 is 15.3 Å². The molecule has 18 heavy (non-hydrogen) atoms. The number of anilines is 1. The number of amides is 2. The monoisotopic (exact) mass is 248 g/mol. The van der Waals surface area contributed by atoms with Gasteiger partial charge in [-0.15, -0.1) is 0 Å². The van der Waals surface area contributed by atoms with Crippen LogP contribution in [0, 0.1) is 0 Å². The maximum Gasteiger partial charge on any atom is 0.253 e. The Hall–Kier alpha value is -1.88. The Kier molecular flexibility index (Phi) is 3.62. The van der Waals surface area contributed by atoms with Crippen molar-refractivity contribution >= 4 is 17.5 Å². The van der Waals surface area contributed by atoms with Crippen molar-refractivity contribution in [1.82, 2.24) is 4.90 Å². The molecule has 1 atom stereocenters. The van der Waals surface area contributed by atoms with E-state index in [1.165, 1.54) is 6.92 Å². The van der Waals surface area contributed by atoms with Crippen LogP contribution in [0.15, 0.2) is 24.3 Å². The first-order valence-electron chi connectivity index (χ1n) is 5.91. The van der Waals surface area contributed by atoms with E-state index in [4.69, 9.17) is 0 Å². The van der Waals surface area contributed by atoms with Gasteiger partial charge in [0.15, 0.2) is 0 Å². The van der Waals surface area contributed by atoms with Crippen LogP contribution in [-0.4, -0.2) is 41.0 Å². The fourth-order valence-corrected chi connectivity index (χ4v) is 2.01. The Bertz CT molecular complexity index is 456. The Morgan fingerprint density at radius 1 is 1.33 bits per heavy atom. The van der Waals surface area contributed by atoms with Crippen molar-refractivity contribution in [2.24, 2.45) is 0 Å². The molecule has 1 heterocycles. The summed E-state index contributed by atoms with van der Waals surface area (Å²) in [7, 11) is 0. The lowest BCUT2D eigenvalue weighted by Crippen LogP contribution is -2.29. The molecule has 1 aromatic rings. The molecule has 2 amide bonds. The average Bonchev–Trinajstić information content (AvgIpc) is 2.75. The predicted octanol–water partition coefficient (Wildman–Crippen LogP) is 0.852. The van der Waals surface area contributed by atoms with Gasteiger partial charge in [0, 0.05) is 31.3 Å². The van der Waals surface area contributed by atoms with Gasteiger partial charge in [0.25, 0.3) is 5.91 Å². The van der Waals surface area contributed by atoms with Gasteiger partial charge in [0.2, 0.25) is 5.91 Å². The molecule has 2 N–H and O–H groups in total. The van der Waals surface area contributed by atoms with E-state index < -0.39 is 6.10 Å². The van der Waals surface area contributed by atoms with Crippen LogP contribution in [0.25, 0.3) is 0 Å². The molecule has 96 valence electrons. The number of likely N-dealkylation sites (tertiary alicyclic amines) is 1. The highest BCUT2D eigenvalue weighted by Crippen LogP contribution is 2.15. The molecule has 0 aliphatic carbocycles. The van der Waals surface area contributed by atoms with Crippen molar-refractivity contribution in [1.29, 1.82) is 0 Å². The van der Waals surface area contributed by atoms with Crippen molar-refractivity contribution < 1.29 is 14.7 Å². The zero-order chi connectivity index (χ0) is 13.1. The van der Waals surface area contributed by atoms with Gasteiger partial charge in [-0.2, -0.15) is 0 Å². The third-order valence-electron chi connectivity index (χ3n) is 2.90. The number of benzene rings is 1. The molecule has 1 aliphatic rings. The third-order valence-corrected chi connectivity index (χ3v) is 2.90. The fraction of sp³-hybridized carbons (Fsp3) is 0.385. The zero-order valence-corrected chi connectivity index (χ0v) is 10.2. The van der Waals surface area contributed by atoms with Gasteiger partial charge in [0.05, 0.1) is 6.10 Å². The van der Waals surface area contributed by atoms with Gasteiger partial charge in [-0.1, -0.05) is 0 Å². The minimum atomic E-state index is -0.410. The number of nitrogens with one attached hydrogen (secondary N) is 1.